The maximum absolute atomic E-state index is 11.8. The van der Waals surface area contributed by atoms with Crippen LogP contribution in [0.3, 0.4) is 0 Å². The molecule has 1 aromatic rings. The molecule has 0 atom stereocenters. The van der Waals surface area contributed by atoms with E-state index in [-0.39, 0.29) is 12.5 Å². The Balaban J connectivity index is 1.99. The molecule has 2 rings (SSSR count). The molecule has 0 aromatic heterocycles. The number of nitrogens with zero attached hydrogens (tertiary/aromatic N) is 1. The minimum absolute atomic E-state index is 0.0731. The zero-order valence-corrected chi connectivity index (χ0v) is 11.5. The first-order valence-electron chi connectivity index (χ1n) is 5.62. The highest BCUT2D eigenvalue weighted by Gasteiger charge is 2.29. The lowest BCUT2D eigenvalue weighted by Crippen LogP contribution is -2.33. The topological polar surface area (TPSA) is 55.6 Å². The molecule has 0 unspecified atom stereocenters. The van der Waals surface area contributed by atoms with E-state index in [0.29, 0.717) is 27.5 Å². The summed E-state index contributed by atoms with van der Waals surface area (Å²) in [5, 5.41) is 0.615. The lowest BCUT2D eigenvalue weighted by Gasteiger charge is -2.17. The highest BCUT2D eigenvalue weighted by Crippen LogP contribution is 2.35. The van der Waals surface area contributed by atoms with Crippen molar-refractivity contribution in [2.45, 2.75) is 18.9 Å². The number of benzene rings is 1. The van der Waals surface area contributed by atoms with Crippen molar-refractivity contribution in [3.8, 4) is 5.75 Å². The van der Waals surface area contributed by atoms with Crippen molar-refractivity contribution in [2.75, 3.05) is 19.4 Å². The molecule has 1 aromatic carbocycles. The molecule has 1 saturated carbocycles. The molecule has 6 heteroatoms. The van der Waals surface area contributed by atoms with Crippen LogP contribution in [0.25, 0.3) is 0 Å². The fraction of sp³-hybridized carbons (Fsp3) is 0.417. The van der Waals surface area contributed by atoms with Crippen molar-refractivity contribution < 1.29 is 9.53 Å². The summed E-state index contributed by atoms with van der Waals surface area (Å²) in [5.41, 5.74) is 6.04. The van der Waals surface area contributed by atoms with Crippen LogP contribution in [0.4, 0.5) is 5.69 Å². The van der Waals surface area contributed by atoms with Gasteiger partial charge in [0, 0.05) is 18.8 Å². The maximum Gasteiger partial charge on any atom is 0.260 e. The molecule has 0 bridgehead atoms. The van der Waals surface area contributed by atoms with E-state index < -0.39 is 0 Å². The van der Waals surface area contributed by atoms with Gasteiger partial charge in [0.25, 0.3) is 5.91 Å². The monoisotopic (exact) mass is 288 g/mol. The first kappa shape index (κ1) is 13.3. The second kappa shape index (κ2) is 5.24. The second-order valence-corrected chi connectivity index (χ2v) is 5.15. The first-order valence-corrected chi connectivity index (χ1v) is 6.37. The highest BCUT2D eigenvalue weighted by atomic mass is 35.5. The van der Waals surface area contributed by atoms with Crippen LogP contribution in [0.15, 0.2) is 12.1 Å². The Labute approximate surface area is 116 Å². The van der Waals surface area contributed by atoms with Crippen LogP contribution in [0.5, 0.6) is 5.75 Å². The molecule has 1 fully saturated rings. The van der Waals surface area contributed by atoms with E-state index in [1.807, 2.05) is 0 Å². The van der Waals surface area contributed by atoms with E-state index in [0.717, 1.165) is 12.8 Å². The number of carbonyl (C=O) groups excluding carboxylic acids is 1. The highest BCUT2D eigenvalue weighted by molar-refractivity contribution is 6.37. The number of nitrogens with two attached hydrogens (primary N) is 1. The Bertz CT molecular complexity index is 452. The number of carbonyl (C=O) groups is 1. The van der Waals surface area contributed by atoms with Gasteiger partial charge in [-0.3, -0.25) is 4.79 Å². The molecule has 1 amide bonds. The molecular formula is C12H14Cl2N2O2. The largest absolute Gasteiger partial charge is 0.481 e. The van der Waals surface area contributed by atoms with Crippen LogP contribution in [-0.4, -0.2) is 30.5 Å². The molecule has 98 valence electrons. The predicted molar refractivity (Wildman–Crippen MR) is 72.2 cm³/mol. The fourth-order valence-corrected chi connectivity index (χ4v) is 2.23. The van der Waals surface area contributed by atoms with E-state index in [1.54, 1.807) is 11.9 Å². The van der Waals surface area contributed by atoms with Crippen LogP contribution in [0.2, 0.25) is 10.0 Å². The fourth-order valence-electron chi connectivity index (χ4n) is 1.62. The minimum Gasteiger partial charge on any atom is -0.481 e. The molecule has 2 N–H and O–H groups in total. The molecule has 1 aliphatic rings. The summed E-state index contributed by atoms with van der Waals surface area (Å²) < 4.78 is 5.37. The number of amides is 1. The standard InChI is InChI=1S/C12H14Cl2N2O2/c1-16(8-2-3-8)11(17)6-18-12-9(13)4-7(15)5-10(12)14/h4-5,8H,2-3,6,15H2,1H3. The zero-order valence-electron chi connectivity index (χ0n) is 9.95. The third-order valence-corrected chi connectivity index (χ3v) is 3.41. The third kappa shape index (κ3) is 3.00. The van der Waals surface area contributed by atoms with E-state index in [1.165, 1.54) is 12.1 Å². The lowest BCUT2D eigenvalue weighted by atomic mass is 10.3. The molecule has 0 radical (unpaired) electrons. The SMILES string of the molecule is CN(C(=O)COc1c(Cl)cc(N)cc1Cl)C1CC1. The average molecular weight is 289 g/mol. The van der Waals surface area contributed by atoms with Crippen LogP contribution in [0, 0.1) is 0 Å². The number of hydrogen-bond acceptors (Lipinski definition) is 3. The van der Waals surface area contributed by atoms with Crippen molar-refractivity contribution in [1.29, 1.82) is 0 Å². The van der Waals surface area contributed by atoms with E-state index in [2.05, 4.69) is 0 Å². The number of anilines is 1. The second-order valence-electron chi connectivity index (χ2n) is 4.34. The van der Waals surface area contributed by atoms with Crippen molar-refractivity contribution in [1.82, 2.24) is 4.90 Å². The molecular weight excluding hydrogens is 275 g/mol. The number of hydrogen-bond donors (Lipinski definition) is 1. The van der Waals surface area contributed by atoms with Crippen molar-refractivity contribution in [3.05, 3.63) is 22.2 Å². The van der Waals surface area contributed by atoms with Gasteiger partial charge in [-0.1, -0.05) is 23.2 Å². The number of rotatable bonds is 4. The van der Waals surface area contributed by atoms with Crippen LogP contribution >= 0.6 is 23.2 Å². The minimum atomic E-state index is -0.0820. The molecule has 0 saturated heterocycles. The summed E-state index contributed by atoms with van der Waals surface area (Å²) in [6, 6.07) is 3.44. The van der Waals surface area contributed by atoms with Gasteiger partial charge in [-0.25, -0.2) is 0 Å². The van der Waals surface area contributed by atoms with Gasteiger partial charge in [0.2, 0.25) is 0 Å². The summed E-state index contributed by atoms with van der Waals surface area (Å²) >= 11 is 11.9. The van der Waals surface area contributed by atoms with Crippen LogP contribution in [0.1, 0.15) is 12.8 Å². The van der Waals surface area contributed by atoms with Gasteiger partial charge in [0.15, 0.2) is 12.4 Å². The summed E-state index contributed by atoms with van der Waals surface area (Å²) in [5.74, 6) is 0.214. The van der Waals surface area contributed by atoms with Gasteiger partial charge >= 0.3 is 0 Å². The third-order valence-electron chi connectivity index (χ3n) is 2.85. The normalized spacial score (nSPS) is 14.4. The Kier molecular flexibility index (Phi) is 3.88. The van der Waals surface area contributed by atoms with Crippen LogP contribution < -0.4 is 10.5 Å². The van der Waals surface area contributed by atoms with Gasteiger partial charge in [0.05, 0.1) is 10.0 Å². The molecule has 0 heterocycles. The molecule has 0 spiro atoms. The molecule has 0 aliphatic heterocycles. The van der Waals surface area contributed by atoms with E-state index in [9.17, 15) is 4.79 Å². The molecule has 4 nitrogen and oxygen atoms in total. The maximum atomic E-state index is 11.8. The predicted octanol–water partition coefficient (Wildman–Crippen LogP) is 2.58. The quantitative estimate of drug-likeness (QED) is 0.867. The van der Waals surface area contributed by atoms with Crippen molar-refractivity contribution in [2.24, 2.45) is 0 Å². The van der Waals surface area contributed by atoms with Gasteiger partial charge in [0.1, 0.15) is 0 Å². The van der Waals surface area contributed by atoms with Gasteiger partial charge in [-0.15, -0.1) is 0 Å². The summed E-state index contributed by atoms with van der Waals surface area (Å²) in [6.07, 6.45) is 2.12. The van der Waals surface area contributed by atoms with Gasteiger partial charge in [-0.2, -0.15) is 0 Å². The Morgan fingerprint density at radius 3 is 2.50 bits per heavy atom. The first-order chi connectivity index (χ1) is 8.49. The summed E-state index contributed by atoms with van der Waals surface area (Å²) in [6.45, 7) is -0.0731. The number of halogens is 2. The van der Waals surface area contributed by atoms with Crippen LogP contribution in [-0.2, 0) is 4.79 Å². The Morgan fingerprint density at radius 2 is 2.00 bits per heavy atom. The van der Waals surface area contributed by atoms with Gasteiger partial charge in [-0.05, 0) is 25.0 Å². The average Bonchev–Trinajstić information content (AvgIpc) is 3.09. The van der Waals surface area contributed by atoms with Crippen molar-refractivity contribution >= 4 is 34.8 Å². The number of nitrogen functional groups attached to an aromatic ring is 1. The lowest BCUT2D eigenvalue weighted by molar-refractivity contribution is -0.132. The van der Waals surface area contributed by atoms with E-state index in [4.69, 9.17) is 33.7 Å². The Hall–Kier alpha value is -1.13. The Morgan fingerprint density at radius 1 is 1.44 bits per heavy atom. The molecule has 1 aliphatic carbocycles. The van der Waals surface area contributed by atoms with Gasteiger partial charge < -0.3 is 15.4 Å². The van der Waals surface area contributed by atoms with E-state index >= 15 is 0 Å². The molecule has 18 heavy (non-hydrogen) atoms. The number of likely N-dealkylation sites (N-methyl/N-ethyl adjacent to an activating group) is 1. The summed E-state index contributed by atoms with van der Waals surface area (Å²) in [7, 11) is 1.77. The summed E-state index contributed by atoms with van der Waals surface area (Å²) in [4.78, 5) is 13.5. The smallest absolute Gasteiger partial charge is 0.260 e. The zero-order chi connectivity index (χ0) is 13.3. The van der Waals surface area contributed by atoms with Crippen molar-refractivity contribution in [3.63, 3.8) is 0 Å². The number of ether oxygens (including phenoxy) is 1.